The third-order valence-corrected chi connectivity index (χ3v) is 3.39. The molecule has 1 aromatic carbocycles. The van der Waals surface area contributed by atoms with Gasteiger partial charge in [0.25, 0.3) is 0 Å². The van der Waals surface area contributed by atoms with Crippen LogP contribution in [0.4, 0.5) is 0 Å². The Morgan fingerprint density at radius 1 is 1.10 bits per heavy atom. The first kappa shape index (κ1) is 15.5. The van der Waals surface area contributed by atoms with Crippen molar-refractivity contribution in [2.45, 2.75) is 46.9 Å². The van der Waals surface area contributed by atoms with E-state index in [4.69, 9.17) is 4.74 Å². The highest BCUT2D eigenvalue weighted by Crippen LogP contribution is 2.19. The number of pyridine rings is 1. The number of nitrogens with zero attached hydrogens (tertiary/aromatic N) is 1. The van der Waals surface area contributed by atoms with Gasteiger partial charge < -0.3 is 10.1 Å². The molecule has 112 valence electrons. The predicted octanol–water partition coefficient (Wildman–Crippen LogP) is 3.78. The van der Waals surface area contributed by atoms with E-state index in [1.165, 1.54) is 11.1 Å². The van der Waals surface area contributed by atoms with Crippen molar-refractivity contribution in [3.05, 3.63) is 58.9 Å². The maximum atomic E-state index is 5.99. The second kappa shape index (κ2) is 7.23. The number of benzene rings is 1. The van der Waals surface area contributed by atoms with Gasteiger partial charge in [0.05, 0.1) is 5.69 Å². The highest BCUT2D eigenvalue weighted by Gasteiger charge is 2.08. The van der Waals surface area contributed by atoms with Crippen molar-refractivity contribution in [1.29, 1.82) is 0 Å². The first-order chi connectivity index (χ1) is 10.1. The van der Waals surface area contributed by atoms with E-state index in [0.29, 0.717) is 12.6 Å². The molecule has 2 rings (SSSR count). The molecule has 0 radical (unpaired) electrons. The van der Waals surface area contributed by atoms with Gasteiger partial charge in [-0.1, -0.05) is 38.1 Å². The van der Waals surface area contributed by atoms with Gasteiger partial charge in [-0.3, -0.25) is 4.98 Å². The maximum Gasteiger partial charge on any atom is 0.142 e. The van der Waals surface area contributed by atoms with Crippen LogP contribution in [-0.2, 0) is 13.2 Å². The van der Waals surface area contributed by atoms with Gasteiger partial charge in [0.1, 0.15) is 12.4 Å². The lowest BCUT2D eigenvalue weighted by Gasteiger charge is -2.14. The molecule has 0 aliphatic rings. The van der Waals surface area contributed by atoms with Crippen LogP contribution in [0.25, 0.3) is 0 Å². The van der Waals surface area contributed by atoms with Crippen molar-refractivity contribution >= 4 is 0 Å². The summed E-state index contributed by atoms with van der Waals surface area (Å²) in [6.07, 6.45) is 0. The van der Waals surface area contributed by atoms with Crippen LogP contribution in [0.2, 0.25) is 0 Å². The van der Waals surface area contributed by atoms with Gasteiger partial charge in [-0.05, 0) is 37.1 Å². The largest absolute Gasteiger partial charge is 0.487 e. The third kappa shape index (κ3) is 4.57. The molecule has 0 saturated heterocycles. The number of hydrogen-bond donors (Lipinski definition) is 1. The van der Waals surface area contributed by atoms with Gasteiger partial charge in [0.15, 0.2) is 0 Å². The molecule has 0 spiro atoms. The fourth-order valence-electron chi connectivity index (χ4n) is 2.08. The molecule has 3 heteroatoms. The highest BCUT2D eigenvalue weighted by atomic mass is 16.5. The van der Waals surface area contributed by atoms with E-state index in [-0.39, 0.29) is 0 Å². The van der Waals surface area contributed by atoms with Gasteiger partial charge >= 0.3 is 0 Å². The summed E-state index contributed by atoms with van der Waals surface area (Å²) < 4.78 is 5.99. The van der Waals surface area contributed by atoms with E-state index >= 15 is 0 Å². The van der Waals surface area contributed by atoms with Crippen LogP contribution in [0.5, 0.6) is 5.75 Å². The van der Waals surface area contributed by atoms with E-state index in [0.717, 1.165) is 23.7 Å². The summed E-state index contributed by atoms with van der Waals surface area (Å²) in [5.74, 6) is 0.858. The fraction of sp³-hybridized carbons (Fsp3) is 0.389. The third-order valence-electron chi connectivity index (χ3n) is 3.39. The Hall–Kier alpha value is -1.87. The number of hydrogen-bond acceptors (Lipinski definition) is 3. The normalized spacial score (nSPS) is 10.9. The second-order valence-corrected chi connectivity index (χ2v) is 5.65. The van der Waals surface area contributed by atoms with E-state index in [1.807, 2.05) is 31.2 Å². The summed E-state index contributed by atoms with van der Waals surface area (Å²) in [7, 11) is 0. The quantitative estimate of drug-likeness (QED) is 0.876. The zero-order valence-corrected chi connectivity index (χ0v) is 13.3. The van der Waals surface area contributed by atoms with Crippen LogP contribution >= 0.6 is 0 Å². The van der Waals surface area contributed by atoms with Crippen molar-refractivity contribution in [3.8, 4) is 5.75 Å². The minimum Gasteiger partial charge on any atom is -0.487 e. The van der Waals surface area contributed by atoms with E-state index in [9.17, 15) is 0 Å². The highest BCUT2D eigenvalue weighted by molar-refractivity contribution is 5.31. The van der Waals surface area contributed by atoms with E-state index in [1.54, 1.807) is 0 Å². The molecule has 0 atom stereocenters. The Labute approximate surface area is 127 Å². The Balaban J connectivity index is 2.10. The average Bonchev–Trinajstić information content (AvgIpc) is 2.45. The lowest BCUT2D eigenvalue weighted by Crippen LogP contribution is -2.23. The monoisotopic (exact) mass is 284 g/mol. The molecular formula is C18H24N2O. The molecule has 0 saturated carbocycles. The van der Waals surface area contributed by atoms with Crippen molar-refractivity contribution in [1.82, 2.24) is 10.3 Å². The molecule has 1 aromatic heterocycles. The second-order valence-electron chi connectivity index (χ2n) is 5.65. The van der Waals surface area contributed by atoms with Gasteiger partial charge in [0.2, 0.25) is 0 Å². The van der Waals surface area contributed by atoms with Crippen LogP contribution in [0.3, 0.4) is 0 Å². The minimum absolute atomic E-state index is 0.427. The van der Waals surface area contributed by atoms with Crippen LogP contribution in [-0.4, -0.2) is 11.0 Å². The summed E-state index contributed by atoms with van der Waals surface area (Å²) in [6, 6.07) is 12.7. The standard InChI is InChI=1S/C18H24N2O/c1-13(2)19-11-17-18(10-9-15(4)20-17)21-12-16-8-6-5-7-14(16)3/h5-10,13,19H,11-12H2,1-4H3. The fourth-order valence-corrected chi connectivity index (χ4v) is 2.08. The van der Waals surface area contributed by atoms with Gasteiger partial charge in [-0.25, -0.2) is 0 Å². The molecule has 3 nitrogen and oxygen atoms in total. The zero-order valence-electron chi connectivity index (χ0n) is 13.3. The molecule has 0 aliphatic heterocycles. The lowest BCUT2D eigenvalue weighted by atomic mass is 10.1. The summed E-state index contributed by atoms with van der Waals surface area (Å²) in [6.45, 7) is 9.67. The molecule has 0 bridgehead atoms. The molecule has 0 unspecified atom stereocenters. The van der Waals surface area contributed by atoms with Crippen molar-refractivity contribution in [2.75, 3.05) is 0 Å². The Morgan fingerprint density at radius 3 is 2.57 bits per heavy atom. The summed E-state index contributed by atoms with van der Waals surface area (Å²) in [4.78, 5) is 4.59. The van der Waals surface area contributed by atoms with Gasteiger partial charge in [0, 0.05) is 18.3 Å². The molecule has 2 aromatic rings. The van der Waals surface area contributed by atoms with Crippen molar-refractivity contribution in [2.24, 2.45) is 0 Å². The van der Waals surface area contributed by atoms with E-state index < -0.39 is 0 Å². The Kier molecular flexibility index (Phi) is 5.34. The molecule has 0 amide bonds. The molecule has 0 fully saturated rings. The topological polar surface area (TPSA) is 34.1 Å². The van der Waals surface area contributed by atoms with Gasteiger partial charge in [-0.2, -0.15) is 0 Å². The Bertz CT molecular complexity index is 594. The first-order valence-electron chi connectivity index (χ1n) is 7.43. The van der Waals surface area contributed by atoms with E-state index in [2.05, 4.69) is 43.2 Å². The summed E-state index contributed by atoms with van der Waals surface area (Å²) >= 11 is 0. The zero-order chi connectivity index (χ0) is 15.2. The number of rotatable bonds is 6. The summed E-state index contributed by atoms with van der Waals surface area (Å²) in [5.41, 5.74) is 4.44. The SMILES string of the molecule is Cc1ccc(OCc2ccccc2C)c(CNC(C)C)n1. The van der Waals surface area contributed by atoms with Crippen LogP contribution < -0.4 is 10.1 Å². The number of ether oxygens (including phenoxy) is 1. The smallest absolute Gasteiger partial charge is 0.142 e. The molecule has 1 heterocycles. The number of aryl methyl sites for hydroxylation is 2. The molecule has 0 aliphatic carbocycles. The predicted molar refractivity (Wildman–Crippen MR) is 86.5 cm³/mol. The molecule has 21 heavy (non-hydrogen) atoms. The van der Waals surface area contributed by atoms with Crippen LogP contribution in [0.1, 0.15) is 36.4 Å². The molecule has 1 N–H and O–H groups in total. The lowest BCUT2D eigenvalue weighted by molar-refractivity contribution is 0.299. The van der Waals surface area contributed by atoms with Crippen molar-refractivity contribution in [3.63, 3.8) is 0 Å². The average molecular weight is 284 g/mol. The van der Waals surface area contributed by atoms with Crippen LogP contribution in [0, 0.1) is 13.8 Å². The maximum absolute atomic E-state index is 5.99. The number of nitrogens with one attached hydrogen (secondary N) is 1. The minimum atomic E-state index is 0.427. The molecular weight excluding hydrogens is 260 g/mol. The Morgan fingerprint density at radius 2 is 1.86 bits per heavy atom. The van der Waals surface area contributed by atoms with Gasteiger partial charge in [-0.15, -0.1) is 0 Å². The van der Waals surface area contributed by atoms with Crippen LogP contribution in [0.15, 0.2) is 36.4 Å². The first-order valence-corrected chi connectivity index (χ1v) is 7.43. The number of aromatic nitrogens is 1. The summed E-state index contributed by atoms with van der Waals surface area (Å²) in [5, 5.41) is 3.40. The van der Waals surface area contributed by atoms with Crippen molar-refractivity contribution < 1.29 is 4.74 Å².